The molecule has 0 spiro atoms. The van der Waals surface area contributed by atoms with Crippen LogP contribution in [-0.2, 0) is 0 Å². The molecular formula is C42H24B2O2. The first kappa shape index (κ1) is 23.9. The van der Waals surface area contributed by atoms with E-state index in [0.717, 1.165) is 11.5 Å². The van der Waals surface area contributed by atoms with Crippen molar-refractivity contribution in [2.45, 2.75) is 0 Å². The van der Waals surface area contributed by atoms with Gasteiger partial charge < -0.3 is 9.47 Å². The second kappa shape index (κ2) is 7.84. The van der Waals surface area contributed by atoms with Crippen molar-refractivity contribution in [1.29, 1.82) is 0 Å². The predicted octanol–water partition coefficient (Wildman–Crippen LogP) is 5.56. The van der Waals surface area contributed by atoms with Gasteiger partial charge in [0.2, 0.25) is 13.4 Å². The minimum absolute atomic E-state index is 0.204. The van der Waals surface area contributed by atoms with Crippen LogP contribution in [0.3, 0.4) is 0 Å². The molecule has 0 saturated heterocycles. The first-order valence-electron chi connectivity index (χ1n) is 16.1. The Morgan fingerprint density at radius 2 is 0.783 bits per heavy atom. The van der Waals surface area contributed by atoms with Gasteiger partial charge in [-0.25, -0.2) is 0 Å². The third-order valence-electron chi connectivity index (χ3n) is 11.6. The summed E-state index contributed by atoms with van der Waals surface area (Å²) in [5.74, 6) is 1.83. The lowest BCUT2D eigenvalue weighted by atomic mass is 9.34. The molecule has 0 bridgehead atoms. The van der Waals surface area contributed by atoms with Gasteiger partial charge in [-0.05, 0) is 101 Å². The second-order valence-electron chi connectivity index (χ2n) is 13.4. The summed E-state index contributed by atoms with van der Waals surface area (Å²) in [5.41, 5.74) is 19.0. The molecule has 46 heavy (non-hydrogen) atoms. The summed E-state index contributed by atoms with van der Waals surface area (Å²) in [6.45, 7) is 0.407. The van der Waals surface area contributed by atoms with Gasteiger partial charge in [0, 0.05) is 0 Å². The summed E-state index contributed by atoms with van der Waals surface area (Å²) in [4.78, 5) is 0. The highest BCUT2D eigenvalue weighted by atomic mass is 16.5. The third kappa shape index (κ3) is 2.53. The molecule has 210 valence electrons. The Balaban J connectivity index is 1.27. The Kier molecular flexibility index (Phi) is 4.06. The first-order valence-corrected chi connectivity index (χ1v) is 16.1. The van der Waals surface area contributed by atoms with E-state index in [2.05, 4.69) is 109 Å². The predicted molar refractivity (Wildman–Crippen MR) is 194 cm³/mol. The molecule has 4 aliphatic rings. The Morgan fingerprint density at radius 1 is 0.370 bits per heavy atom. The van der Waals surface area contributed by atoms with Gasteiger partial charge in [0.15, 0.2) is 0 Å². The lowest BCUT2D eigenvalue weighted by Gasteiger charge is -2.31. The number of fused-ring (bicyclic) bond motifs is 10. The fourth-order valence-electron chi connectivity index (χ4n) is 9.95. The monoisotopic (exact) mass is 582 g/mol. The van der Waals surface area contributed by atoms with Crippen LogP contribution in [0.5, 0.6) is 11.5 Å². The Hall–Kier alpha value is -5.47. The molecule has 4 heterocycles. The molecule has 0 radical (unpaired) electrons. The van der Waals surface area contributed by atoms with Crippen molar-refractivity contribution < 1.29 is 9.47 Å². The largest absolute Gasteiger partial charge is 0.497 e. The van der Waals surface area contributed by atoms with E-state index < -0.39 is 0 Å². The zero-order chi connectivity index (χ0) is 30.0. The SMILES string of the molecule is COc1cc2c3c(c1)-c1ccc4cc5c6c(ccc7cc(c1c4c76)B3c1ccccc1-2)-c1cc(OC)cc2c1B5c1ccccc1-2. The lowest BCUT2D eigenvalue weighted by Crippen LogP contribution is -2.52. The Labute approximate surface area is 266 Å². The number of hydrogen-bond donors (Lipinski definition) is 0. The van der Waals surface area contributed by atoms with Crippen LogP contribution in [0.1, 0.15) is 0 Å². The summed E-state index contributed by atoms with van der Waals surface area (Å²) in [7, 11) is 3.57. The minimum atomic E-state index is 0.204. The maximum absolute atomic E-state index is 5.91. The number of rotatable bonds is 2. The fraction of sp³-hybridized carbons (Fsp3) is 0.0476. The molecule has 0 fully saturated rings. The van der Waals surface area contributed by atoms with E-state index in [9.17, 15) is 0 Å². The van der Waals surface area contributed by atoms with Crippen molar-refractivity contribution >= 4 is 78.5 Å². The van der Waals surface area contributed by atoms with Gasteiger partial charge in [-0.15, -0.1) is 0 Å². The van der Waals surface area contributed by atoms with E-state index in [-0.39, 0.29) is 13.4 Å². The summed E-state index contributed by atoms with van der Waals surface area (Å²) < 4.78 is 11.8. The van der Waals surface area contributed by atoms with Gasteiger partial charge >= 0.3 is 0 Å². The maximum Gasteiger partial charge on any atom is 0.244 e. The molecule has 0 unspecified atom stereocenters. The van der Waals surface area contributed by atoms with Crippen molar-refractivity contribution in [2.24, 2.45) is 0 Å². The Morgan fingerprint density at radius 3 is 1.22 bits per heavy atom. The molecule has 0 aromatic heterocycles. The maximum atomic E-state index is 5.91. The number of methoxy groups -OCH3 is 2. The molecule has 0 atom stereocenters. The first-order chi connectivity index (χ1) is 22.7. The van der Waals surface area contributed by atoms with Crippen molar-refractivity contribution in [3.63, 3.8) is 0 Å². The van der Waals surface area contributed by atoms with Crippen LogP contribution in [0.25, 0.3) is 76.8 Å². The highest BCUT2D eigenvalue weighted by molar-refractivity contribution is 7.03. The van der Waals surface area contributed by atoms with Crippen LogP contribution in [0, 0.1) is 0 Å². The van der Waals surface area contributed by atoms with Gasteiger partial charge in [-0.1, -0.05) is 118 Å². The molecule has 0 aliphatic carbocycles. The van der Waals surface area contributed by atoms with Gasteiger partial charge in [-0.2, -0.15) is 0 Å². The van der Waals surface area contributed by atoms with E-state index in [1.807, 2.05) is 0 Å². The topological polar surface area (TPSA) is 18.5 Å². The van der Waals surface area contributed by atoms with Crippen LogP contribution >= 0.6 is 0 Å². The van der Waals surface area contributed by atoms with Crippen LogP contribution < -0.4 is 42.3 Å². The summed E-state index contributed by atoms with van der Waals surface area (Å²) in [5, 5.41) is 8.22. The molecule has 0 saturated carbocycles. The highest BCUT2D eigenvalue weighted by Gasteiger charge is 2.44. The summed E-state index contributed by atoms with van der Waals surface area (Å²) in [6, 6.07) is 41.5. The average molecular weight is 582 g/mol. The van der Waals surface area contributed by atoms with Gasteiger partial charge in [0.1, 0.15) is 11.5 Å². The van der Waals surface area contributed by atoms with Crippen molar-refractivity contribution in [3.8, 4) is 56.0 Å². The molecule has 12 rings (SSSR count). The van der Waals surface area contributed by atoms with Crippen LogP contribution in [0.15, 0.2) is 109 Å². The summed E-state index contributed by atoms with van der Waals surface area (Å²) in [6.07, 6.45) is 0. The van der Waals surface area contributed by atoms with Crippen LogP contribution in [0.2, 0.25) is 0 Å². The van der Waals surface area contributed by atoms with E-state index >= 15 is 0 Å². The van der Waals surface area contributed by atoms with E-state index in [4.69, 9.17) is 9.47 Å². The molecule has 4 heteroatoms. The average Bonchev–Trinajstić information content (AvgIpc) is 3.62. The number of hydrogen-bond acceptors (Lipinski definition) is 2. The van der Waals surface area contributed by atoms with Gasteiger partial charge in [0.05, 0.1) is 14.2 Å². The van der Waals surface area contributed by atoms with Gasteiger partial charge in [-0.3, -0.25) is 0 Å². The van der Waals surface area contributed by atoms with E-state index in [0.29, 0.717) is 0 Å². The normalized spacial score (nSPS) is 13.8. The fourth-order valence-corrected chi connectivity index (χ4v) is 9.95. The quantitative estimate of drug-likeness (QED) is 0.197. The van der Waals surface area contributed by atoms with Crippen molar-refractivity contribution in [2.75, 3.05) is 14.2 Å². The number of ether oxygens (including phenoxy) is 2. The number of benzene rings is 8. The highest BCUT2D eigenvalue weighted by Crippen LogP contribution is 2.47. The van der Waals surface area contributed by atoms with Crippen LogP contribution in [-0.4, -0.2) is 27.6 Å². The molecule has 2 nitrogen and oxygen atoms in total. The molecule has 8 aromatic carbocycles. The zero-order valence-electron chi connectivity index (χ0n) is 25.4. The molecule has 0 N–H and O–H groups in total. The summed E-state index contributed by atoms with van der Waals surface area (Å²) >= 11 is 0. The minimum Gasteiger partial charge on any atom is -0.497 e. The molecular weight excluding hydrogens is 558 g/mol. The third-order valence-corrected chi connectivity index (χ3v) is 11.6. The smallest absolute Gasteiger partial charge is 0.244 e. The van der Waals surface area contributed by atoms with Crippen molar-refractivity contribution in [3.05, 3.63) is 109 Å². The zero-order valence-corrected chi connectivity index (χ0v) is 25.4. The van der Waals surface area contributed by atoms with Crippen molar-refractivity contribution in [1.82, 2.24) is 0 Å². The molecule has 4 aliphatic heterocycles. The molecule has 8 aromatic rings. The van der Waals surface area contributed by atoms with Gasteiger partial charge in [0.25, 0.3) is 0 Å². The molecule has 0 amide bonds. The lowest BCUT2D eigenvalue weighted by molar-refractivity contribution is 0.415. The van der Waals surface area contributed by atoms with E-state index in [1.54, 1.807) is 14.2 Å². The van der Waals surface area contributed by atoms with E-state index in [1.165, 1.54) is 110 Å². The standard InChI is InChI=1S/C42H24B2O2/c1-45-23-17-29-25-7-3-5-9-33(25)43-35-15-22-12-14-28-32-20-24(46-2)18-30-26-8-4-6-10-34(26)44(42(30)32)36-16-21-11-13-27(31(19-23)41(29)43)39(35)37(21)38(22)40(28)36/h3-20H,1-2H3. The Bertz CT molecular complexity index is 2550. The second-order valence-corrected chi connectivity index (χ2v) is 13.4. The van der Waals surface area contributed by atoms with Crippen LogP contribution in [0.4, 0.5) is 0 Å².